The summed E-state index contributed by atoms with van der Waals surface area (Å²) < 4.78 is 13.2. The first-order valence-electron chi connectivity index (χ1n) is 11.0. The number of allylic oxidation sites excluding steroid dienone is 3. The summed E-state index contributed by atoms with van der Waals surface area (Å²) in [6.45, 7) is 9.50. The molecule has 1 heterocycles. The zero-order valence-corrected chi connectivity index (χ0v) is 19.5. The van der Waals surface area contributed by atoms with E-state index < -0.39 is 12.0 Å². The molecule has 0 radical (unpaired) electrons. The number of benzene rings is 1. The molecule has 0 saturated carbocycles. The van der Waals surface area contributed by atoms with Gasteiger partial charge in [0, 0.05) is 18.1 Å². The predicted molar refractivity (Wildman–Crippen MR) is 122 cm³/mol. The first-order valence-corrected chi connectivity index (χ1v) is 11.3. The molecule has 31 heavy (non-hydrogen) atoms. The van der Waals surface area contributed by atoms with E-state index in [0.29, 0.717) is 25.4 Å². The highest BCUT2D eigenvalue weighted by Gasteiger charge is 2.40. The van der Waals surface area contributed by atoms with Gasteiger partial charge in [0.05, 0.1) is 5.92 Å². The van der Waals surface area contributed by atoms with Crippen molar-refractivity contribution in [3.05, 3.63) is 58.9 Å². The summed E-state index contributed by atoms with van der Waals surface area (Å²) in [5.41, 5.74) is 1.13. The molecule has 168 valence electrons. The van der Waals surface area contributed by atoms with Crippen LogP contribution in [0.25, 0.3) is 0 Å². The minimum Gasteiger partial charge on any atom is -0.344 e. The number of hydrogen-bond donors (Lipinski definition) is 1. The summed E-state index contributed by atoms with van der Waals surface area (Å²) in [7, 11) is 0. The number of carbonyl (C=O) groups is 2. The SMILES string of the molecule is CC(C)[C@@H](NC(=O)C1C=CC(F)=CC1)C(=O)N1CC[C@H](c2ccc(Cl)cc2)C(C)(C)C1. The molecular weight excluding hydrogens is 415 g/mol. The number of rotatable bonds is 5. The Balaban J connectivity index is 1.68. The lowest BCUT2D eigenvalue weighted by atomic mass is 9.70. The summed E-state index contributed by atoms with van der Waals surface area (Å²) in [6, 6.07) is 7.36. The number of halogens is 2. The van der Waals surface area contributed by atoms with Crippen molar-refractivity contribution >= 4 is 23.4 Å². The van der Waals surface area contributed by atoms with Gasteiger partial charge in [-0.25, -0.2) is 4.39 Å². The molecule has 1 aliphatic heterocycles. The van der Waals surface area contributed by atoms with E-state index in [9.17, 15) is 14.0 Å². The van der Waals surface area contributed by atoms with E-state index in [1.165, 1.54) is 17.7 Å². The minimum absolute atomic E-state index is 0.0478. The van der Waals surface area contributed by atoms with E-state index in [0.717, 1.165) is 11.4 Å². The predicted octanol–water partition coefficient (Wildman–Crippen LogP) is 5.25. The normalized spacial score (nSPS) is 24.0. The van der Waals surface area contributed by atoms with E-state index in [1.54, 1.807) is 6.08 Å². The third kappa shape index (κ3) is 5.57. The van der Waals surface area contributed by atoms with Crippen LogP contribution in [0.4, 0.5) is 4.39 Å². The average Bonchev–Trinajstić information content (AvgIpc) is 2.72. The van der Waals surface area contributed by atoms with E-state index in [4.69, 9.17) is 11.6 Å². The number of piperidine rings is 1. The van der Waals surface area contributed by atoms with Gasteiger partial charge in [-0.3, -0.25) is 9.59 Å². The van der Waals surface area contributed by atoms with Crippen LogP contribution < -0.4 is 5.32 Å². The number of nitrogens with zero attached hydrogens (tertiary/aromatic N) is 1. The highest BCUT2D eigenvalue weighted by Crippen LogP contribution is 2.42. The molecular formula is C25H32ClFN2O2. The molecule has 1 aliphatic carbocycles. The van der Waals surface area contributed by atoms with Crippen molar-refractivity contribution in [2.75, 3.05) is 13.1 Å². The van der Waals surface area contributed by atoms with Crippen molar-refractivity contribution in [2.24, 2.45) is 17.3 Å². The van der Waals surface area contributed by atoms with E-state index in [-0.39, 0.29) is 29.0 Å². The molecule has 1 N–H and O–H groups in total. The molecule has 6 heteroatoms. The Kier molecular flexibility index (Phi) is 7.25. The van der Waals surface area contributed by atoms with Gasteiger partial charge >= 0.3 is 0 Å². The van der Waals surface area contributed by atoms with E-state index >= 15 is 0 Å². The van der Waals surface area contributed by atoms with Crippen molar-refractivity contribution < 1.29 is 14.0 Å². The Hall–Kier alpha value is -2.14. The number of hydrogen-bond acceptors (Lipinski definition) is 2. The fraction of sp³-hybridized carbons (Fsp3) is 0.520. The Morgan fingerprint density at radius 2 is 1.90 bits per heavy atom. The highest BCUT2D eigenvalue weighted by molar-refractivity contribution is 6.30. The van der Waals surface area contributed by atoms with E-state index in [1.807, 2.05) is 30.9 Å². The lowest BCUT2D eigenvalue weighted by molar-refractivity contribution is -0.141. The number of amides is 2. The van der Waals surface area contributed by atoms with Crippen LogP contribution in [0.15, 0.2) is 48.3 Å². The van der Waals surface area contributed by atoms with Gasteiger partial charge in [0.25, 0.3) is 0 Å². The van der Waals surface area contributed by atoms with Crippen LogP contribution >= 0.6 is 11.6 Å². The average molecular weight is 447 g/mol. The smallest absolute Gasteiger partial charge is 0.245 e. The zero-order chi connectivity index (χ0) is 22.8. The van der Waals surface area contributed by atoms with Gasteiger partial charge in [-0.05, 0) is 59.9 Å². The van der Waals surface area contributed by atoms with Gasteiger partial charge in [0.2, 0.25) is 11.8 Å². The van der Waals surface area contributed by atoms with Crippen LogP contribution in [0.1, 0.15) is 52.0 Å². The molecule has 0 bridgehead atoms. The number of likely N-dealkylation sites (tertiary alicyclic amines) is 1. The van der Waals surface area contributed by atoms with Crippen LogP contribution in [-0.2, 0) is 9.59 Å². The van der Waals surface area contributed by atoms with Crippen LogP contribution in [0.3, 0.4) is 0 Å². The van der Waals surface area contributed by atoms with Crippen molar-refractivity contribution in [3.8, 4) is 0 Å². The fourth-order valence-corrected chi connectivity index (χ4v) is 4.74. The zero-order valence-electron chi connectivity index (χ0n) is 18.7. The molecule has 2 aliphatic rings. The maximum absolute atomic E-state index is 13.4. The number of nitrogens with one attached hydrogen (secondary N) is 1. The second-order valence-corrected chi connectivity index (χ2v) is 10.1. The molecule has 3 atom stereocenters. The Morgan fingerprint density at radius 3 is 2.45 bits per heavy atom. The van der Waals surface area contributed by atoms with Gasteiger partial charge in [-0.2, -0.15) is 0 Å². The Bertz CT molecular complexity index is 876. The topological polar surface area (TPSA) is 49.4 Å². The molecule has 1 aromatic carbocycles. The summed E-state index contributed by atoms with van der Waals surface area (Å²) in [4.78, 5) is 28.0. The fourth-order valence-electron chi connectivity index (χ4n) is 4.62. The summed E-state index contributed by atoms with van der Waals surface area (Å²) in [5.74, 6) is -0.773. The maximum atomic E-state index is 13.4. The molecule has 0 spiro atoms. The monoisotopic (exact) mass is 446 g/mol. The lowest BCUT2D eigenvalue weighted by Crippen LogP contribution is -2.56. The van der Waals surface area contributed by atoms with Crippen LogP contribution in [0, 0.1) is 17.3 Å². The van der Waals surface area contributed by atoms with Gasteiger partial charge in [-0.15, -0.1) is 0 Å². The van der Waals surface area contributed by atoms with Gasteiger partial charge in [0.15, 0.2) is 0 Å². The molecule has 1 aromatic rings. The first-order chi connectivity index (χ1) is 14.6. The van der Waals surface area contributed by atoms with Crippen molar-refractivity contribution in [3.63, 3.8) is 0 Å². The van der Waals surface area contributed by atoms with Crippen LogP contribution in [0.2, 0.25) is 5.02 Å². The molecule has 1 unspecified atom stereocenters. The highest BCUT2D eigenvalue weighted by atomic mass is 35.5. The third-order valence-electron chi connectivity index (χ3n) is 6.44. The molecule has 1 fully saturated rings. The Labute approximate surface area is 189 Å². The van der Waals surface area contributed by atoms with Crippen molar-refractivity contribution in [1.82, 2.24) is 10.2 Å². The summed E-state index contributed by atoms with van der Waals surface area (Å²) in [6.07, 6.45) is 5.44. The molecule has 1 saturated heterocycles. The molecule has 3 rings (SSSR count). The largest absolute Gasteiger partial charge is 0.344 e. The summed E-state index contributed by atoms with van der Waals surface area (Å²) >= 11 is 6.04. The first kappa shape index (κ1) is 23.5. The van der Waals surface area contributed by atoms with Crippen molar-refractivity contribution in [2.45, 2.75) is 52.5 Å². The second-order valence-electron chi connectivity index (χ2n) is 9.66. The standard InChI is InChI=1S/C25H32ClFN2O2/c1-16(2)22(28-23(30)18-7-11-20(27)12-8-18)24(31)29-14-13-21(25(3,4)15-29)17-5-9-19(26)10-6-17/h5-7,9-12,16,18,21-22H,8,13-15H2,1-4H3,(H,28,30)/t18?,21-,22-/m1/s1. The quantitative estimate of drug-likeness (QED) is 0.671. The Morgan fingerprint density at radius 1 is 1.23 bits per heavy atom. The second kappa shape index (κ2) is 9.56. The van der Waals surface area contributed by atoms with Gasteiger partial charge < -0.3 is 10.2 Å². The number of carbonyl (C=O) groups excluding carboxylic acids is 2. The lowest BCUT2D eigenvalue weighted by Gasteiger charge is -2.46. The molecule has 2 amide bonds. The van der Waals surface area contributed by atoms with Crippen LogP contribution in [0.5, 0.6) is 0 Å². The minimum atomic E-state index is -0.598. The molecule has 4 nitrogen and oxygen atoms in total. The van der Waals surface area contributed by atoms with Crippen molar-refractivity contribution in [1.29, 1.82) is 0 Å². The molecule has 0 aromatic heterocycles. The van der Waals surface area contributed by atoms with Gasteiger partial charge in [-0.1, -0.05) is 57.5 Å². The van der Waals surface area contributed by atoms with Gasteiger partial charge in [0.1, 0.15) is 11.9 Å². The van der Waals surface area contributed by atoms with E-state index in [2.05, 4.69) is 31.3 Å². The maximum Gasteiger partial charge on any atom is 0.245 e. The third-order valence-corrected chi connectivity index (χ3v) is 6.69. The van der Waals surface area contributed by atoms with Crippen LogP contribution in [-0.4, -0.2) is 35.8 Å². The summed E-state index contributed by atoms with van der Waals surface area (Å²) in [5, 5.41) is 3.65.